The van der Waals surface area contributed by atoms with E-state index in [2.05, 4.69) is 5.32 Å². The highest BCUT2D eigenvalue weighted by Crippen LogP contribution is 2.39. The number of amides is 1. The van der Waals surface area contributed by atoms with E-state index in [0.29, 0.717) is 0 Å². The molecule has 20 heavy (non-hydrogen) atoms. The predicted octanol–water partition coefficient (Wildman–Crippen LogP) is 0.916. The van der Waals surface area contributed by atoms with Crippen molar-refractivity contribution in [3.05, 3.63) is 27.9 Å². The Hall–Kier alpha value is -2.38. The van der Waals surface area contributed by atoms with E-state index >= 15 is 0 Å². The Morgan fingerprint density at radius 3 is 2.50 bits per heavy atom. The molecule has 1 amide bonds. The first-order valence-electron chi connectivity index (χ1n) is 6.13. The minimum Gasteiger partial charge on any atom is -0.480 e. The Morgan fingerprint density at radius 2 is 2.10 bits per heavy atom. The first-order valence-corrected chi connectivity index (χ1v) is 6.13. The average Bonchev–Trinajstić information content (AvgIpc) is 3.12. The molecule has 2 rings (SSSR count). The van der Waals surface area contributed by atoms with E-state index in [4.69, 9.17) is 0 Å². The quantitative estimate of drug-likeness (QED) is 0.615. The third-order valence-electron chi connectivity index (χ3n) is 3.73. The number of hydrogen-bond acceptors (Lipinski definition) is 4. The number of carbonyl (C=O) groups excluding carboxylic acids is 1. The second kappa shape index (κ2) is 4.62. The van der Waals surface area contributed by atoms with Crippen LogP contribution in [0.4, 0.5) is 5.82 Å². The van der Waals surface area contributed by atoms with Gasteiger partial charge in [-0.2, -0.15) is 0 Å². The molecule has 0 aromatic carbocycles. The fourth-order valence-corrected chi connectivity index (χ4v) is 2.20. The summed E-state index contributed by atoms with van der Waals surface area (Å²) in [4.78, 5) is 33.6. The van der Waals surface area contributed by atoms with E-state index in [9.17, 15) is 24.8 Å². The van der Waals surface area contributed by atoms with Gasteiger partial charge in [-0.15, -0.1) is 0 Å². The van der Waals surface area contributed by atoms with Crippen LogP contribution in [0.25, 0.3) is 0 Å². The highest BCUT2D eigenvalue weighted by atomic mass is 16.6. The van der Waals surface area contributed by atoms with Crippen LogP contribution in [0.1, 0.15) is 30.3 Å². The molecule has 1 fully saturated rings. The molecule has 0 bridgehead atoms. The van der Waals surface area contributed by atoms with Crippen molar-refractivity contribution in [1.82, 2.24) is 9.88 Å². The van der Waals surface area contributed by atoms with Gasteiger partial charge >= 0.3 is 11.8 Å². The van der Waals surface area contributed by atoms with Gasteiger partial charge in [0.05, 0.1) is 7.05 Å². The Balaban J connectivity index is 2.24. The van der Waals surface area contributed by atoms with Gasteiger partial charge in [-0.3, -0.25) is 4.79 Å². The van der Waals surface area contributed by atoms with Gasteiger partial charge in [0.25, 0.3) is 5.91 Å². The largest absolute Gasteiger partial charge is 0.480 e. The second-order valence-electron chi connectivity index (χ2n) is 5.13. The minimum atomic E-state index is -1.34. The van der Waals surface area contributed by atoms with Gasteiger partial charge in [0, 0.05) is 6.07 Å². The molecule has 1 unspecified atom stereocenters. The zero-order valence-electron chi connectivity index (χ0n) is 11.1. The maximum atomic E-state index is 12.1. The zero-order chi connectivity index (χ0) is 15.1. The topological polar surface area (TPSA) is 114 Å². The van der Waals surface area contributed by atoms with Gasteiger partial charge in [0.1, 0.15) is 5.54 Å². The fraction of sp³-hybridized carbons (Fsp3) is 0.500. The summed E-state index contributed by atoms with van der Waals surface area (Å²) in [7, 11) is 1.39. The van der Waals surface area contributed by atoms with Crippen molar-refractivity contribution in [3.63, 3.8) is 0 Å². The summed E-state index contributed by atoms with van der Waals surface area (Å²) in [6, 6.07) is 2.52. The van der Waals surface area contributed by atoms with Crippen LogP contribution in [0.15, 0.2) is 12.1 Å². The highest BCUT2D eigenvalue weighted by molar-refractivity contribution is 5.97. The number of carbonyl (C=O) groups is 2. The van der Waals surface area contributed by atoms with Crippen LogP contribution in [0.5, 0.6) is 0 Å². The van der Waals surface area contributed by atoms with Crippen molar-refractivity contribution in [2.75, 3.05) is 0 Å². The third-order valence-corrected chi connectivity index (χ3v) is 3.73. The Bertz CT molecular complexity index is 590. The lowest BCUT2D eigenvalue weighted by atomic mass is 9.96. The maximum absolute atomic E-state index is 12.1. The van der Waals surface area contributed by atoms with Gasteiger partial charge in [-0.1, -0.05) is 0 Å². The molecular weight excluding hydrogens is 266 g/mol. The molecular formula is C12H15N3O5. The first-order chi connectivity index (χ1) is 9.27. The summed E-state index contributed by atoms with van der Waals surface area (Å²) < 4.78 is 1.13. The third kappa shape index (κ3) is 2.24. The molecule has 0 radical (unpaired) electrons. The van der Waals surface area contributed by atoms with E-state index in [1.165, 1.54) is 26.1 Å². The summed E-state index contributed by atoms with van der Waals surface area (Å²) in [5, 5.41) is 22.5. The van der Waals surface area contributed by atoms with Crippen molar-refractivity contribution >= 4 is 17.7 Å². The lowest BCUT2D eigenvalue weighted by molar-refractivity contribution is -0.391. The van der Waals surface area contributed by atoms with E-state index in [1.807, 2.05) is 0 Å². The van der Waals surface area contributed by atoms with Crippen molar-refractivity contribution in [2.24, 2.45) is 13.0 Å². The molecule has 108 valence electrons. The van der Waals surface area contributed by atoms with Crippen LogP contribution in [-0.4, -0.2) is 32.0 Å². The number of rotatable bonds is 5. The average molecular weight is 281 g/mol. The molecule has 1 heterocycles. The van der Waals surface area contributed by atoms with Crippen molar-refractivity contribution < 1.29 is 19.6 Å². The van der Waals surface area contributed by atoms with Crippen LogP contribution in [0, 0.1) is 16.0 Å². The number of aliphatic carboxylic acids is 1. The Kier molecular flexibility index (Phi) is 3.24. The van der Waals surface area contributed by atoms with Gasteiger partial charge in [0.15, 0.2) is 5.69 Å². The van der Waals surface area contributed by atoms with Gasteiger partial charge in [0.2, 0.25) is 0 Å². The van der Waals surface area contributed by atoms with Crippen molar-refractivity contribution in [2.45, 2.75) is 25.3 Å². The molecule has 1 aliphatic rings. The molecule has 8 heteroatoms. The molecule has 2 N–H and O–H groups in total. The number of carboxylic acid groups (broad SMARTS) is 1. The minimum absolute atomic E-state index is 0.0600. The molecule has 1 aromatic heterocycles. The SMILES string of the molecule is Cn1c(C(=O)NC(C)(C(=O)O)C2CC2)ccc1[N+](=O)[O-]. The number of hydrogen-bond donors (Lipinski definition) is 2. The summed E-state index contributed by atoms with van der Waals surface area (Å²) in [6.45, 7) is 1.46. The smallest absolute Gasteiger partial charge is 0.329 e. The number of nitrogens with zero attached hydrogens (tertiary/aromatic N) is 2. The summed E-state index contributed by atoms with van der Waals surface area (Å²) in [5.41, 5.74) is -1.28. The molecule has 0 saturated heterocycles. The van der Waals surface area contributed by atoms with E-state index in [-0.39, 0.29) is 17.4 Å². The number of nitrogens with one attached hydrogen (secondary N) is 1. The molecule has 1 aliphatic carbocycles. The van der Waals surface area contributed by atoms with Crippen LogP contribution in [-0.2, 0) is 11.8 Å². The zero-order valence-corrected chi connectivity index (χ0v) is 11.1. The summed E-state index contributed by atoms with van der Waals surface area (Å²) >= 11 is 0. The first kappa shape index (κ1) is 14.0. The van der Waals surface area contributed by atoms with Crippen LogP contribution in [0.2, 0.25) is 0 Å². The number of aromatic nitrogens is 1. The lowest BCUT2D eigenvalue weighted by Gasteiger charge is -2.25. The molecule has 0 spiro atoms. The molecule has 1 saturated carbocycles. The monoisotopic (exact) mass is 281 g/mol. The van der Waals surface area contributed by atoms with E-state index < -0.39 is 22.3 Å². The van der Waals surface area contributed by atoms with E-state index in [1.54, 1.807) is 0 Å². The Labute approximate surface area is 114 Å². The molecule has 0 aliphatic heterocycles. The van der Waals surface area contributed by atoms with Gasteiger partial charge in [-0.25, -0.2) is 9.36 Å². The molecule has 8 nitrogen and oxygen atoms in total. The second-order valence-corrected chi connectivity index (χ2v) is 5.13. The maximum Gasteiger partial charge on any atom is 0.329 e. The fourth-order valence-electron chi connectivity index (χ4n) is 2.20. The molecule has 1 atom stereocenters. The lowest BCUT2D eigenvalue weighted by Crippen LogP contribution is -2.54. The summed E-state index contributed by atoms with van der Waals surface area (Å²) in [6.07, 6.45) is 1.49. The summed E-state index contributed by atoms with van der Waals surface area (Å²) in [5.74, 6) is -2.05. The van der Waals surface area contributed by atoms with Crippen molar-refractivity contribution in [1.29, 1.82) is 0 Å². The molecule has 1 aromatic rings. The van der Waals surface area contributed by atoms with Crippen LogP contribution in [0.3, 0.4) is 0 Å². The van der Waals surface area contributed by atoms with Crippen LogP contribution < -0.4 is 5.32 Å². The van der Waals surface area contributed by atoms with Gasteiger partial charge in [-0.05, 0) is 36.7 Å². The van der Waals surface area contributed by atoms with E-state index in [0.717, 1.165) is 17.4 Å². The standard InChI is InChI=1S/C12H15N3O5/c1-12(11(17)18,7-3-4-7)13-10(16)8-5-6-9(14(8)2)15(19)20/h5-7H,3-4H2,1-2H3,(H,13,16)(H,17,18). The number of nitro groups is 1. The predicted molar refractivity (Wildman–Crippen MR) is 68.3 cm³/mol. The number of carboxylic acids is 1. The van der Waals surface area contributed by atoms with Crippen LogP contribution >= 0.6 is 0 Å². The van der Waals surface area contributed by atoms with Gasteiger partial charge < -0.3 is 20.5 Å². The van der Waals surface area contributed by atoms with Crippen molar-refractivity contribution in [3.8, 4) is 0 Å². The normalized spacial score (nSPS) is 17.3. The highest BCUT2D eigenvalue weighted by Gasteiger charge is 2.49. The Morgan fingerprint density at radius 1 is 1.50 bits per heavy atom.